The van der Waals surface area contributed by atoms with Crippen LogP contribution in [0.5, 0.6) is 0 Å². The van der Waals surface area contributed by atoms with Crippen molar-refractivity contribution in [3.63, 3.8) is 0 Å². The van der Waals surface area contributed by atoms with Crippen molar-refractivity contribution in [2.24, 2.45) is 40.9 Å². The zero-order valence-corrected chi connectivity index (χ0v) is 21.3. The van der Waals surface area contributed by atoms with Gasteiger partial charge in [0.05, 0.1) is 6.10 Å². The summed E-state index contributed by atoms with van der Waals surface area (Å²) in [5, 5.41) is 10.7. The van der Waals surface area contributed by atoms with Crippen LogP contribution in [0.25, 0.3) is 0 Å². The molecule has 4 saturated carbocycles. The van der Waals surface area contributed by atoms with Crippen molar-refractivity contribution in [3.05, 3.63) is 0 Å². The van der Waals surface area contributed by atoms with E-state index in [1.54, 1.807) is 0 Å². The summed E-state index contributed by atoms with van der Waals surface area (Å²) in [6.07, 6.45) is 12.8. The van der Waals surface area contributed by atoms with Crippen LogP contribution >= 0.6 is 0 Å². The molecule has 3 heteroatoms. The molecule has 0 aromatic rings. The quantitative estimate of drug-likeness (QED) is 0.497. The van der Waals surface area contributed by atoms with Gasteiger partial charge in [0.15, 0.2) is 8.32 Å². The fourth-order valence-electron chi connectivity index (χ4n) is 8.34. The number of hydrogen-bond donors (Lipinski definition) is 1. The lowest BCUT2D eigenvalue weighted by Gasteiger charge is -2.57. The van der Waals surface area contributed by atoms with E-state index < -0.39 is 8.32 Å². The van der Waals surface area contributed by atoms with Gasteiger partial charge in [0.25, 0.3) is 0 Å². The van der Waals surface area contributed by atoms with Crippen LogP contribution in [0.4, 0.5) is 0 Å². The average molecular weight is 421 g/mol. The Kier molecular flexibility index (Phi) is 5.87. The summed E-state index contributed by atoms with van der Waals surface area (Å²) < 4.78 is 6.87. The minimum atomic E-state index is -1.65. The molecule has 2 nitrogen and oxygen atoms in total. The van der Waals surface area contributed by atoms with Crippen LogP contribution in [0, 0.1) is 40.9 Å². The maximum absolute atomic E-state index is 10.4. The second-order valence-corrected chi connectivity index (χ2v) is 18.0. The van der Waals surface area contributed by atoms with Crippen molar-refractivity contribution in [1.29, 1.82) is 0 Å². The molecule has 29 heavy (non-hydrogen) atoms. The molecule has 0 aromatic heterocycles. The first-order valence-electron chi connectivity index (χ1n) is 12.8. The number of hydrogen-bond acceptors (Lipinski definition) is 2. The number of aliphatic hydroxyl groups excluding tert-OH is 1. The van der Waals surface area contributed by atoms with Crippen molar-refractivity contribution in [3.8, 4) is 0 Å². The van der Waals surface area contributed by atoms with Gasteiger partial charge in [0.1, 0.15) is 0 Å². The Morgan fingerprint density at radius 1 is 0.931 bits per heavy atom. The Bertz CT molecular complexity index is 594. The lowest BCUT2D eigenvalue weighted by molar-refractivity contribution is -0.0874. The molecule has 0 aliphatic heterocycles. The minimum absolute atomic E-state index is 0.124. The monoisotopic (exact) mass is 420 g/mol. The Morgan fingerprint density at radius 3 is 2.28 bits per heavy atom. The van der Waals surface area contributed by atoms with E-state index in [2.05, 4.69) is 40.8 Å². The Morgan fingerprint density at radius 2 is 1.62 bits per heavy atom. The summed E-state index contributed by atoms with van der Waals surface area (Å²) in [7, 11) is -1.65. The van der Waals surface area contributed by atoms with E-state index in [1.807, 2.05) is 6.92 Å². The van der Waals surface area contributed by atoms with Gasteiger partial charge in [0, 0.05) is 6.10 Å². The largest absolute Gasteiger partial charge is 0.414 e. The van der Waals surface area contributed by atoms with E-state index in [9.17, 15) is 5.11 Å². The van der Waals surface area contributed by atoms with Gasteiger partial charge < -0.3 is 9.53 Å². The van der Waals surface area contributed by atoms with E-state index in [1.165, 1.54) is 57.8 Å². The van der Waals surface area contributed by atoms with Crippen LogP contribution in [-0.4, -0.2) is 25.6 Å². The van der Waals surface area contributed by atoms with Crippen LogP contribution in [0.1, 0.15) is 92.4 Å². The lowest BCUT2D eigenvalue weighted by atomic mass is 9.49. The van der Waals surface area contributed by atoms with Gasteiger partial charge in [-0.15, -0.1) is 0 Å². The van der Waals surface area contributed by atoms with Crippen molar-refractivity contribution in [1.82, 2.24) is 0 Å². The maximum atomic E-state index is 10.4. The first-order valence-corrected chi connectivity index (χ1v) is 15.7. The third-order valence-corrected chi connectivity index (χ3v) is 15.4. The highest BCUT2D eigenvalue weighted by molar-refractivity contribution is 6.74. The van der Waals surface area contributed by atoms with Gasteiger partial charge >= 0.3 is 0 Å². The normalized spacial score (nSPS) is 46.6. The molecule has 9 atom stereocenters. The van der Waals surface area contributed by atoms with Gasteiger partial charge in [-0.05, 0) is 124 Å². The number of fused-ring (bicyclic) bond motifs is 5. The average Bonchev–Trinajstić information content (AvgIpc) is 2.97. The molecular formula is C26H48O2Si. The predicted octanol–water partition coefficient (Wildman–Crippen LogP) is 7.03. The molecule has 4 aliphatic carbocycles. The highest BCUT2D eigenvalue weighted by atomic mass is 28.4. The second kappa shape index (κ2) is 7.62. The van der Waals surface area contributed by atoms with Crippen LogP contribution in [-0.2, 0) is 4.43 Å². The molecular weight excluding hydrogens is 372 g/mol. The van der Waals surface area contributed by atoms with Crippen molar-refractivity contribution < 1.29 is 9.53 Å². The first-order chi connectivity index (χ1) is 13.4. The molecule has 0 spiro atoms. The lowest BCUT2D eigenvalue weighted by Crippen LogP contribution is -2.51. The Balaban J connectivity index is 1.42. The topological polar surface area (TPSA) is 29.5 Å². The molecule has 4 rings (SSSR count). The SMILES string of the molecule is CC(O)[C@H]1CC[C@H]2[C@@H]3CC[C@@H]4CC(O[Si](C)(C)C(C)(C)C)CC[C@@H]4[C@H]3CC[C@]12C. The van der Waals surface area contributed by atoms with Crippen LogP contribution in [0.2, 0.25) is 18.1 Å². The van der Waals surface area contributed by atoms with Gasteiger partial charge in [-0.1, -0.05) is 27.7 Å². The number of aliphatic hydroxyl groups is 1. The van der Waals surface area contributed by atoms with Gasteiger partial charge in [-0.3, -0.25) is 0 Å². The van der Waals surface area contributed by atoms with Crippen LogP contribution in [0.15, 0.2) is 0 Å². The van der Waals surface area contributed by atoms with E-state index in [0.717, 1.165) is 29.6 Å². The van der Waals surface area contributed by atoms with Crippen molar-refractivity contribution in [2.45, 2.75) is 123 Å². The van der Waals surface area contributed by atoms with Crippen LogP contribution < -0.4 is 0 Å². The summed E-state index contributed by atoms with van der Waals surface area (Å²) >= 11 is 0. The highest BCUT2D eigenvalue weighted by Gasteiger charge is 2.57. The molecule has 0 heterocycles. The first kappa shape index (κ1) is 22.3. The smallest absolute Gasteiger partial charge is 0.192 e. The predicted molar refractivity (Wildman–Crippen MR) is 124 cm³/mol. The molecule has 0 radical (unpaired) electrons. The summed E-state index contributed by atoms with van der Waals surface area (Å²) in [6, 6.07) is 0. The Labute approximate surface area is 181 Å². The molecule has 0 bridgehead atoms. The zero-order chi connectivity index (χ0) is 21.2. The molecule has 1 N–H and O–H groups in total. The van der Waals surface area contributed by atoms with Gasteiger partial charge in [-0.2, -0.15) is 0 Å². The third-order valence-electron chi connectivity index (χ3n) is 10.8. The van der Waals surface area contributed by atoms with E-state index in [-0.39, 0.29) is 6.10 Å². The fraction of sp³-hybridized carbons (Fsp3) is 1.00. The number of rotatable bonds is 3. The van der Waals surface area contributed by atoms with Crippen LogP contribution in [0.3, 0.4) is 0 Å². The van der Waals surface area contributed by atoms with Gasteiger partial charge in [0.2, 0.25) is 0 Å². The highest BCUT2D eigenvalue weighted by Crippen LogP contribution is 2.64. The summed E-state index contributed by atoms with van der Waals surface area (Å²) in [5.41, 5.74) is 0.408. The zero-order valence-electron chi connectivity index (χ0n) is 20.3. The van der Waals surface area contributed by atoms with E-state index in [0.29, 0.717) is 22.5 Å². The molecule has 168 valence electrons. The second-order valence-electron chi connectivity index (χ2n) is 13.2. The summed E-state index contributed by atoms with van der Waals surface area (Å²) in [6.45, 7) is 16.6. The fourth-order valence-corrected chi connectivity index (χ4v) is 9.74. The molecule has 2 unspecified atom stereocenters. The Hall–Kier alpha value is 0.137. The summed E-state index contributed by atoms with van der Waals surface area (Å²) in [4.78, 5) is 0. The molecule has 4 fully saturated rings. The molecule has 4 aliphatic rings. The van der Waals surface area contributed by atoms with Crippen molar-refractivity contribution in [2.75, 3.05) is 0 Å². The van der Waals surface area contributed by atoms with E-state index in [4.69, 9.17) is 4.43 Å². The van der Waals surface area contributed by atoms with Crippen molar-refractivity contribution >= 4 is 8.32 Å². The summed E-state index contributed by atoms with van der Waals surface area (Å²) in [5.74, 6) is 5.20. The van der Waals surface area contributed by atoms with Gasteiger partial charge in [-0.25, -0.2) is 0 Å². The van der Waals surface area contributed by atoms with E-state index >= 15 is 0 Å². The molecule has 0 amide bonds. The minimum Gasteiger partial charge on any atom is -0.414 e. The molecule has 0 aromatic carbocycles. The standard InChI is InChI=1S/C26H48O2Si/c1-17(27)23-12-13-24-22-10-8-18-16-19(28-29(6,7)25(2,3)4)9-11-20(18)21(22)14-15-26(23,24)5/h17-24,27H,8-16H2,1-7H3/t17?,18-,19?,20+,21-,22-,23-,24+,26-/m1/s1. The molecule has 0 saturated heterocycles. The third kappa shape index (κ3) is 3.80. The maximum Gasteiger partial charge on any atom is 0.192 e.